The smallest absolute Gasteiger partial charge is 0.416 e. The lowest BCUT2D eigenvalue weighted by atomic mass is 10.1. The number of aliphatic hydroxyl groups excluding tert-OH is 1. The van der Waals surface area contributed by atoms with Crippen molar-refractivity contribution in [3.63, 3.8) is 0 Å². The summed E-state index contributed by atoms with van der Waals surface area (Å²) in [6.07, 6.45) is -0.654. The summed E-state index contributed by atoms with van der Waals surface area (Å²) >= 11 is 5.86. The molecular formula is C17H19ClFN3O3. The molecule has 1 N–H and O–H groups in total. The number of hydrogen-bond acceptors (Lipinski definition) is 5. The number of carbonyl (C=O) groups is 1. The summed E-state index contributed by atoms with van der Waals surface area (Å²) in [6, 6.07) is 6.89. The number of aromatic nitrogens is 2. The van der Waals surface area contributed by atoms with Gasteiger partial charge in [-0.1, -0.05) is 23.7 Å². The van der Waals surface area contributed by atoms with E-state index in [9.17, 15) is 14.3 Å². The summed E-state index contributed by atoms with van der Waals surface area (Å²) < 4.78 is 18.7. The van der Waals surface area contributed by atoms with Crippen LogP contribution in [0.25, 0.3) is 0 Å². The molecule has 1 aromatic heterocycles. The third-order valence-electron chi connectivity index (χ3n) is 3.10. The van der Waals surface area contributed by atoms with Crippen molar-refractivity contribution >= 4 is 23.5 Å². The monoisotopic (exact) mass is 367 g/mol. The van der Waals surface area contributed by atoms with Crippen LogP contribution in [0.3, 0.4) is 0 Å². The van der Waals surface area contributed by atoms with Gasteiger partial charge in [-0.3, -0.25) is 4.90 Å². The minimum absolute atomic E-state index is 0.138. The van der Waals surface area contributed by atoms with E-state index in [0.717, 1.165) is 4.90 Å². The first-order valence-corrected chi connectivity index (χ1v) is 7.95. The van der Waals surface area contributed by atoms with E-state index in [1.165, 1.54) is 30.6 Å². The lowest BCUT2D eigenvalue weighted by Crippen LogP contribution is -2.39. The Kier molecular flexibility index (Phi) is 5.92. The van der Waals surface area contributed by atoms with Crippen molar-refractivity contribution < 1.29 is 19.0 Å². The number of aliphatic hydroxyl groups is 1. The van der Waals surface area contributed by atoms with Gasteiger partial charge in [-0.2, -0.15) is 0 Å². The number of nitrogens with zero attached hydrogens (tertiary/aromatic N) is 3. The predicted molar refractivity (Wildman–Crippen MR) is 92.0 cm³/mol. The Morgan fingerprint density at radius 2 is 2.08 bits per heavy atom. The zero-order chi connectivity index (χ0) is 18.6. The van der Waals surface area contributed by atoms with Gasteiger partial charge in [0.05, 0.1) is 12.6 Å². The van der Waals surface area contributed by atoms with Crippen LogP contribution in [0.15, 0.2) is 36.7 Å². The number of rotatable bonds is 4. The molecule has 1 heterocycles. The number of anilines is 1. The van der Waals surface area contributed by atoms with E-state index in [2.05, 4.69) is 9.97 Å². The largest absolute Gasteiger partial charge is 0.443 e. The maximum absolute atomic E-state index is 13.4. The minimum Gasteiger partial charge on any atom is -0.443 e. The Morgan fingerprint density at radius 3 is 2.68 bits per heavy atom. The quantitative estimate of drug-likeness (QED) is 0.833. The van der Waals surface area contributed by atoms with Gasteiger partial charge in [-0.25, -0.2) is 19.2 Å². The van der Waals surface area contributed by atoms with Crippen LogP contribution < -0.4 is 4.90 Å². The first-order valence-electron chi connectivity index (χ1n) is 7.57. The van der Waals surface area contributed by atoms with Crippen molar-refractivity contribution in [2.45, 2.75) is 32.5 Å². The van der Waals surface area contributed by atoms with E-state index in [0.29, 0.717) is 5.56 Å². The highest BCUT2D eigenvalue weighted by atomic mass is 35.5. The Hall–Kier alpha value is -2.25. The van der Waals surface area contributed by atoms with Gasteiger partial charge >= 0.3 is 6.09 Å². The lowest BCUT2D eigenvalue weighted by molar-refractivity contribution is 0.0554. The van der Waals surface area contributed by atoms with Crippen molar-refractivity contribution in [3.8, 4) is 0 Å². The van der Waals surface area contributed by atoms with Gasteiger partial charge in [-0.05, 0) is 38.5 Å². The van der Waals surface area contributed by atoms with E-state index in [4.69, 9.17) is 16.3 Å². The maximum Gasteiger partial charge on any atom is 0.416 e. The average molecular weight is 368 g/mol. The van der Waals surface area contributed by atoms with Crippen molar-refractivity contribution in [2.24, 2.45) is 0 Å². The number of amides is 1. The summed E-state index contributed by atoms with van der Waals surface area (Å²) in [5.74, 6) is -0.310. The molecule has 0 bridgehead atoms. The molecule has 0 unspecified atom stereocenters. The molecule has 1 amide bonds. The van der Waals surface area contributed by atoms with Gasteiger partial charge in [-0.15, -0.1) is 0 Å². The van der Waals surface area contributed by atoms with E-state index in [1.807, 2.05) is 0 Å². The zero-order valence-corrected chi connectivity index (χ0v) is 14.9. The summed E-state index contributed by atoms with van der Waals surface area (Å²) in [4.78, 5) is 21.4. The lowest BCUT2D eigenvalue weighted by Gasteiger charge is -2.28. The van der Waals surface area contributed by atoms with Crippen molar-refractivity contribution in [1.82, 2.24) is 9.97 Å². The van der Waals surface area contributed by atoms with Crippen molar-refractivity contribution in [2.75, 3.05) is 11.4 Å². The molecule has 2 rings (SSSR count). The highest BCUT2D eigenvalue weighted by Crippen LogP contribution is 2.22. The highest BCUT2D eigenvalue weighted by molar-refractivity contribution is 6.29. The molecule has 0 aliphatic heterocycles. The summed E-state index contributed by atoms with van der Waals surface area (Å²) in [5.41, 5.74) is -0.413. The SMILES string of the molecule is CC(C)(C)OC(=O)N(C[C@H](O)c1cccc(F)c1)c1cc(Cl)ncn1. The predicted octanol–water partition coefficient (Wildman–Crippen LogP) is 3.74. The normalized spacial score (nSPS) is 12.6. The van der Waals surface area contributed by atoms with E-state index < -0.39 is 23.6 Å². The Morgan fingerprint density at radius 1 is 1.36 bits per heavy atom. The molecule has 0 aliphatic rings. The third kappa shape index (κ3) is 5.65. The van der Waals surface area contributed by atoms with E-state index in [-0.39, 0.29) is 17.5 Å². The molecule has 0 spiro atoms. The molecule has 8 heteroatoms. The molecule has 6 nitrogen and oxygen atoms in total. The third-order valence-corrected chi connectivity index (χ3v) is 3.31. The molecule has 0 radical (unpaired) electrons. The standard InChI is InChI=1S/C17H19ClFN3O3/c1-17(2,3)25-16(24)22(15-8-14(18)20-10-21-15)9-13(23)11-5-4-6-12(19)7-11/h4-8,10,13,23H,9H2,1-3H3/t13-/m0/s1. The molecule has 0 saturated heterocycles. The van der Waals surface area contributed by atoms with Gasteiger partial charge in [0.15, 0.2) is 0 Å². The topological polar surface area (TPSA) is 75.5 Å². The van der Waals surface area contributed by atoms with Crippen LogP contribution in [0.4, 0.5) is 15.0 Å². The Labute approximate surface area is 150 Å². The van der Waals surface area contributed by atoms with Crippen LogP contribution in [-0.4, -0.2) is 33.3 Å². The fourth-order valence-corrected chi connectivity index (χ4v) is 2.18. The van der Waals surface area contributed by atoms with Gasteiger partial charge in [0.1, 0.15) is 28.7 Å². The van der Waals surface area contributed by atoms with Gasteiger partial charge in [0, 0.05) is 6.07 Å². The number of halogens is 2. The van der Waals surface area contributed by atoms with E-state index >= 15 is 0 Å². The fraction of sp³-hybridized carbons (Fsp3) is 0.353. The van der Waals surface area contributed by atoms with Gasteiger partial charge < -0.3 is 9.84 Å². The fourth-order valence-electron chi connectivity index (χ4n) is 2.04. The molecule has 0 aliphatic carbocycles. The number of benzene rings is 1. The highest BCUT2D eigenvalue weighted by Gasteiger charge is 2.27. The second-order valence-electron chi connectivity index (χ2n) is 6.36. The van der Waals surface area contributed by atoms with E-state index in [1.54, 1.807) is 26.8 Å². The van der Waals surface area contributed by atoms with Crippen LogP contribution in [-0.2, 0) is 4.74 Å². The summed E-state index contributed by atoms with van der Waals surface area (Å²) in [5, 5.41) is 10.5. The molecule has 1 atom stereocenters. The molecule has 2 aromatic rings. The second-order valence-corrected chi connectivity index (χ2v) is 6.75. The van der Waals surface area contributed by atoms with Crippen LogP contribution in [0.1, 0.15) is 32.4 Å². The summed E-state index contributed by atoms with van der Waals surface area (Å²) in [7, 11) is 0. The number of carbonyl (C=O) groups excluding carboxylic acids is 1. The maximum atomic E-state index is 13.4. The minimum atomic E-state index is -1.14. The average Bonchev–Trinajstić information content (AvgIpc) is 2.50. The van der Waals surface area contributed by atoms with Crippen LogP contribution in [0.5, 0.6) is 0 Å². The van der Waals surface area contributed by atoms with Crippen molar-refractivity contribution in [1.29, 1.82) is 0 Å². The number of hydrogen-bond donors (Lipinski definition) is 1. The molecule has 1 aromatic carbocycles. The molecule has 134 valence electrons. The molecular weight excluding hydrogens is 349 g/mol. The molecule has 25 heavy (non-hydrogen) atoms. The molecule has 0 saturated carbocycles. The van der Waals surface area contributed by atoms with Gasteiger partial charge in [0.2, 0.25) is 0 Å². The van der Waals surface area contributed by atoms with Gasteiger partial charge in [0.25, 0.3) is 0 Å². The van der Waals surface area contributed by atoms with Crippen LogP contribution >= 0.6 is 11.6 Å². The first kappa shape index (κ1) is 19.1. The first-order chi connectivity index (χ1) is 11.7. The number of ether oxygens (including phenoxy) is 1. The molecule has 0 fully saturated rings. The van der Waals surface area contributed by atoms with Crippen molar-refractivity contribution in [3.05, 3.63) is 53.2 Å². The van der Waals surface area contributed by atoms with Crippen LogP contribution in [0.2, 0.25) is 5.15 Å². The Balaban J connectivity index is 2.29. The summed E-state index contributed by atoms with van der Waals surface area (Å²) in [6.45, 7) is 4.98. The second kappa shape index (κ2) is 7.76. The van der Waals surface area contributed by atoms with Crippen LogP contribution in [0, 0.1) is 5.82 Å². The zero-order valence-electron chi connectivity index (χ0n) is 14.1. The Bertz CT molecular complexity index is 752.